The normalized spacial score (nSPS) is 12.6. The molecule has 0 unspecified atom stereocenters. The van der Waals surface area contributed by atoms with E-state index in [0.717, 1.165) is 5.56 Å². The van der Waals surface area contributed by atoms with Crippen molar-refractivity contribution in [3.8, 4) is 0 Å². The van der Waals surface area contributed by atoms with Crippen LogP contribution in [0.25, 0.3) is 0 Å². The van der Waals surface area contributed by atoms with E-state index in [4.69, 9.17) is 20.9 Å². The Morgan fingerprint density at radius 3 is 2.71 bits per heavy atom. The summed E-state index contributed by atoms with van der Waals surface area (Å²) in [5.41, 5.74) is 0.997. The van der Waals surface area contributed by atoms with E-state index in [2.05, 4.69) is 10.1 Å². The molecule has 0 saturated heterocycles. The molecule has 0 radical (unpaired) electrons. The monoisotopic (exact) mass is 252 g/mol. The van der Waals surface area contributed by atoms with E-state index < -0.39 is 0 Å². The van der Waals surface area contributed by atoms with Gasteiger partial charge in [-0.1, -0.05) is 35.5 Å². The van der Waals surface area contributed by atoms with E-state index in [1.165, 1.54) is 0 Å². The molecule has 0 aliphatic rings. The molecule has 1 atom stereocenters. The zero-order valence-corrected chi connectivity index (χ0v) is 10.2. The minimum absolute atomic E-state index is 0.209. The number of alkyl halides is 1. The van der Waals surface area contributed by atoms with Crippen LogP contribution in [-0.2, 0) is 10.6 Å². The zero-order valence-electron chi connectivity index (χ0n) is 9.47. The van der Waals surface area contributed by atoms with Gasteiger partial charge in [-0.25, -0.2) is 0 Å². The van der Waals surface area contributed by atoms with E-state index in [1.807, 2.05) is 37.3 Å². The van der Waals surface area contributed by atoms with Gasteiger partial charge in [0.1, 0.15) is 12.0 Å². The minimum atomic E-state index is -0.304. The van der Waals surface area contributed by atoms with Crippen molar-refractivity contribution in [2.24, 2.45) is 0 Å². The number of aromatic nitrogens is 2. The molecule has 0 aliphatic heterocycles. The first-order valence-electron chi connectivity index (χ1n) is 5.40. The zero-order chi connectivity index (χ0) is 12.1. The van der Waals surface area contributed by atoms with Gasteiger partial charge in [0.05, 0.1) is 0 Å². The Bertz CT molecular complexity index is 459. The molecule has 0 aliphatic carbocycles. The molecule has 5 heteroatoms. The Kier molecular flexibility index (Phi) is 4.12. The summed E-state index contributed by atoms with van der Waals surface area (Å²) < 4.78 is 10.6. The second-order valence-electron chi connectivity index (χ2n) is 3.43. The van der Waals surface area contributed by atoms with Crippen LogP contribution >= 0.6 is 11.6 Å². The molecular formula is C12H13ClN2O2. The lowest BCUT2D eigenvalue weighted by Gasteiger charge is -2.13. The topological polar surface area (TPSA) is 48.2 Å². The highest BCUT2D eigenvalue weighted by Crippen LogP contribution is 2.23. The molecule has 17 heavy (non-hydrogen) atoms. The Morgan fingerprint density at radius 1 is 1.35 bits per heavy atom. The van der Waals surface area contributed by atoms with E-state index in [-0.39, 0.29) is 12.0 Å². The van der Waals surface area contributed by atoms with Crippen LogP contribution in [-0.4, -0.2) is 16.7 Å². The lowest BCUT2D eigenvalue weighted by molar-refractivity contribution is 0.0833. The maximum absolute atomic E-state index is 5.64. The van der Waals surface area contributed by atoms with Gasteiger partial charge in [-0.15, -0.1) is 11.6 Å². The first-order valence-corrected chi connectivity index (χ1v) is 5.93. The van der Waals surface area contributed by atoms with Crippen molar-refractivity contribution in [2.45, 2.75) is 18.9 Å². The number of halogens is 1. The fourth-order valence-corrected chi connectivity index (χ4v) is 1.65. The highest BCUT2D eigenvalue weighted by atomic mass is 35.5. The summed E-state index contributed by atoms with van der Waals surface area (Å²) in [6.07, 6.45) is -0.304. The van der Waals surface area contributed by atoms with Crippen molar-refractivity contribution in [2.75, 3.05) is 6.61 Å². The Morgan fingerprint density at radius 2 is 2.12 bits per heavy atom. The molecule has 90 valence electrons. The quantitative estimate of drug-likeness (QED) is 0.768. The van der Waals surface area contributed by atoms with Crippen LogP contribution in [0.5, 0.6) is 0 Å². The summed E-state index contributed by atoms with van der Waals surface area (Å²) in [6, 6.07) is 9.79. The van der Waals surface area contributed by atoms with Crippen molar-refractivity contribution >= 4 is 11.6 Å². The third-order valence-electron chi connectivity index (χ3n) is 2.27. The third kappa shape index (κ3) is 2.84. The SMILES string of the molecule is CCO[C@@H](c1ccccc1)c1noc(CCl)n1. The van der Waals surface area contributed by atoms with Crippen LogP contribution in [0.4, 0.5) is 0 Å². The Labute approximate surface area is 105 Å². The van der Waals surface area contributed by atoms with E-state index in [0.29, 0.717) is 18.3 Å². The smallest absolute Gasteiger partial charge is 0.241 e. The lowest BCUT2D eigenvalue weighted by atomic mass is 10.1. The average molecular weight is 253 g/mol. The van der Waals surface area contributed by atoms with Crippen molar-refractivity contribution in [3.63, 3.8) is 0 Å². The molecule has 0 fully saturated rings. The van der Waals surface area contributed by atoms with Gasteiger partial charge in [-0.2, -0.15) is 4.98 Å². The minimum Gasteiger partial charge on any atom is -0.366 e. The lowest BCUT2D eigenvalue weighted by Crippen LogP contribution is -2.08. The summed E-state index contributed by atoms with van der Waals surface area (Å²) in [5.74, 6) is 1.12. The van der Waals surface area contributed by atoms with Gasteiger partial charge in [-0.3, -0.25) is 0 Å². The van der Waals surface area contributed by atoms with Crippen LogP contribution in [0.1, 0.15) is 30.3 Å². The maximum atomic E-state index is 5.64. The highest BCUT2D eigenvalue weighted by Gasteiger charge is 2.20. The molecule has 4 nitrogen and oxygen atoms in total. The van der Waals surface area contributed by atoms with Gasteiger partial charge in [0.2, 0.25) is 11.7 Å². The molecule has 0 amide bonds. The molecular weight excluding hydrogens is 240 g/mol. The number of ether oxygens (including phenoxy) is 1. The molecule has 1 aromatic carbocycles. The number of rotatable bonds is 5. The van der Waals surface area contributed by atoms with Crippen molar-refractivity contribution in [3.05, 3.63) is 47.6 Å². The first kappa shape index (κ1) is 12.1. The van der Waals surface area contributed by atoms with Gasteiger partial charge in [0, 0.05) is 6.61 Å². The fraction of sp³-hybridized carbons (Fsp3) is 0.333. The standard InChI is InChI=1S/C12H13ClN2O2/c1-2-16-11(9-6-4-3-5-7-9)12-14-10(8-13)17-15-12/h3-7,11H,2,8H2,1H3/t11-/m0/s1. The highest BCUT2D eigenvalue weighted by molar-refractivity contribution is 6.16. The molecule has 2 rings (SSSR count). The van der Waals surface area contributed by atoms with Gasteiger partial charge in [0.15, 0.2) is 0 Å². The molecule has 1 heterocycles. The molecule has 2 aromatic rings. The van der Waals surface area contributed by atoms with Crippen LogP contribution < -0.4 is 0 Å². The summed E-state index contributed by atoms with van der Waals surface area (Å²) in [5, 5.41) is 3.89. The predicted molar refractivity (Wildman–Crippen MR) is 63.8 cm³/mol. The number of hydrogen-bond donors (Lipinski definition) is 0. The van der Waals surface area contributed by atoms with Crippen LogP contribution in [0.2, 0.25) is 0 Å². The summed E-state index contributed by atoms with van der Waals surface area (Å²) in [7, 11) is 0. The second kappa shape index (κ2) is 5.80. The fourth-order valence-electron chi connectivity index (χ4n) is 1.54. The van der Waals surface area contributed by atoms with E-state index in [1.54, 1.807) is 0 Å². The van der Waals surface area contributed by atoms with Gasteiger partial charge in [0.25, 0.3) is 0 Å². The average Bonchev–Trinajstić information content (AvgIpc) is 2.85. The van der Waals surface area contributed by atoms with Crippen LogP contribution in [0.15, 0.2) is 34.9 Å². The van der Waals surface area contributed by atoms with Gasteiger partial charge < -0.3 is 9.26 Å². The largest absolute Gasteiger partial charge is 0.366 e. The molecule has 0 saturated carbocycles. The van der Waals surface area contributed by atoms with E-state index in [9.17, 15) is 0 Å². The maximum Gasteiger partial charge on any atom is 0.241 e. The van der Waals surface area contributed by atoms with Gasteiger partial charge in [-0.05, 0) is 12.5 Å². The van der Waals surface area contributed by atoms with Crippen LogP contribution in [0, 0.1) is 0 Å². The Balaban J connectivity index is 2.28. The number of hydrogen-bond acceptors (Lipinski definition) is 4. The van der Waals surface area contributed by atoms with Crippen LogP contribution in [0.3, 0.4) is 0 Å². The number of nitrogens with zero attached hydrogens (tertiary/aromatic N) is 2. The Hall–Kier alpha value is -1.39. The third-order valence-corrected chi connectivity index (χ3v) is 2.50. The molecule has 0 bridgehead atoms. The molecule has 0 spiro atoms. The molecule has 0 N–H and O–H groups in total. The first-order chi connectivity index (χ1) is 8.35. The summed E-state index contributed by atoms with van der Waals surface area (Å²) in [6.45, 7) is 2.50. The van der Waals surface area contributed by atoms with Crippen molar-refractivity contribution in [1.82, 2.24) is 10.1 Å². The number of benzene rings is 1. The van der Waals surface area contributed by atoms with Gasteiger partial charge >= 0.3 is 0 Å². The summed E-state index contributed by atoms with van der Waals surface area (Å²) in [4.78, 5) is 4.19. The summed E-state index contributed by atoms with van der Waals surface area (Å²) >= 11 is 5.63. The second-order valence-corrected chi connectivity index (χ2v) is 3.69. The van der Waals surface area contributed by atoms with E-state index >= 15 is 0 Å². The van der Waals surface area contributed by atoms with Crippen molar-refractivity contribution in [1.29, 1.82) is 0 Å². The predicted octanol–water partition coefficient (Wildman–Crippen LogP) is 2.93. The molecule has 1 aromatic heterocycles. The van der Waals surface area contributed by atoms with Crippen molar-refractivity contribution < 1.29 is 9.26 Å².